The molecule has 0 radical (unpaired) electrons. The molecule has 2 aromatic rings. The molecule has 2 rings (SSSR count). The molecule has 17 heavy (non-hydrogen) atoms. The maximum absolute atomic E-state index is 9.13. The molecular formula is C14H14N2O. The molecule has 0 spiro atoms. The van der Waals surface area contributed by atoms with Crippen LogP contribution in [0.5, 0.6) is 5.75 Å². The van der Waals surface area contributed by atoms with Crippen molar-refractivity contribution in [1.82, 2.24) is 0 Å². The van der Waals surface area contributed by atoms with E-state index >= 15 is 0 Å². The number of anilines is 1. The molecule has 0 aliphatic rings. The minimum atomic E-state index is 0.258. The molecule has 0 amide bonds. The summed E-state index contributed by atoms with van der Waals surface area (Å²) in [5, 5.41) is 13.2. The number of aromatic hydroxyl groups is 1. The number of aryl methyl sites for hydroxylation is 1. The average Bonchev–Trinajstić information content (AvgIpc) is 2.34. The van der Waals surface area contributed by atoms with Gasteiger partial charge < -0.3 is 5.11 Å². The number of nitrogens with zero attached hydrogens (tertiary/aromatic N) is 1. The Balaban J connectivity index is 1.97. The van der Waals surface area contributed by atoms with Crippen molar-refractivity contribution in [3.8, 4) is 5.75 Å². The lowest BCUT2D eigenvalue weighted by Crippen LogP contribution is -1.90. The Morgan fingerprint density at radius 2 is 1.65 bits per heavy atom. The minimum Gasteiger partial charge on any atom is -0.508 e. The summed E-state index contributed by atoms with van der Waals surface area (Å²) in [6, 6.07) is 14.9. The Morgan fingerprint density at radius 1 is 1.00 bits per heavy atom. The molecule has 3 heteroatoms. The van der Waals surface area contributed by atoms with Crippen LogP contribution in [0.4, 0.5) is 5.69 Å². The van der Waals surface area contributed by atoms with Crippen LogP contribution in [0.2, 0.25) is 0 Å². The number of phenols is 1. The van der Waals surface area contributed by atoms with Gasteiger partial charge in [0.2, 0.25) is 0 Å². The molecule has 86 valence electrons. The topological polar surface area (TPSA) is 44.6 Å². The Morgan fingerprint density at radius 3 is 2.29 bits per heavy atom. The number of benzene rings is 2. The summed E-state index contributed by atoms with van der Waals surface area (Å²) in [5.74, 6) is 0.258. The smallest absolute Gasteiger partial charge is 0.115 e. The zero-order valence-corrected chi connectivity index (χ0v) is 9.59. The zero-order chi connectivity index (χ0) is 12.1. The first-order valence-corrected chi connectivity index (χ1v) is 5.39. The van der Waals surface area contributed by atoms with Gasteiger partial charge >= 0.3 is 0 Å². The Bertz CT molecular complexity index is 501. The largest absolute Gasteiger partial charge is 0.508 e. The molecule has 0 fully saturated rings. The van der Waals surface area contributed by atoms with Gasteiger partial charge in [-0.3, -0.25) is 5.43 Å². The predicted octanol–water partition coefficient (Wildman–Crippen LogP) is 3.15. The first-order chi connectivity index (χ1) is 8.24. The van der Waals surface area contributed by atoms with Gasteiger partial charge in [0.1, 0.15) is 5.75 Å². The number of hydrogen-bond donors (Lipinski definition) is 2. The van der Waals surface area contributed by atoms with E-state index in [-0.39, 0.29) is 5.75 Å². The lowest BCUT2D eigenvalue weighted by Gasteiger charge is -2.00. The van der Waals surface area contributed by atoms with E-state index in [2.05, 4.69) is 10.5 Å². The maximum Gasteiger partial charge on any atom is 0.115 e. The summed E-state index contributed by atoms with van der Waals surface area (Å²) in [6.07, 6.45) is 1.71. The first kappa shape index (κ1) is 11.2. The van der Waals surface area contributed by atoms with E-state index in [1.54, 1.807) is 30.5 Å². The number of nitrogens with one attached hydrogen (secondary N) is 1. The molecule has 0 aliphatic heterocycles. The molecule has 0 saturated heterocycles. The van der Waals surface area contributed by atoms with Crippen LogP contribution >= 0.6 is 0 Å². The third-order valence-corrected chi connectivity index (χ3v) is 2.35. The summed E-state index contributed by atoms with van der Waals surface area (Å²) in [4.78, 5) is 0. The van der Waals surface area contributed by atoms with Gasteiger partial charge in [0.25, 0.3) is 0 Å². The van der Waals surface area contributed by atoms with Crippen LogP contribution in [-0.4, -0.2) is 11.3 Å². The highest BCUT2D eigenvalue weighted by molar-refractivity contribution is 5.80. The van der Waals surface area contributed by atoms with E-state index in [1.165, 1.54) is 5.56 Å². The summed E-state index contributed by atoms with van der Waals surface area (Å²) in [7, 11) is 0. The normalized spacial score (nSPS) is 10.6. The summed E-state index contributed by atoms with van der Waals surface area (Å²) in [6.45, 7) is 2.05. The highest BCUT2D eigenvalue weighted by Crippen LogP contribution is 2.09. The molecule has 2 aromatic carbocycles. The quantitative estimate of drug-likeness (QED) is 0.623. The van der Waals surface area contributed by atoms with Gasteiger partial charge in [-0.05, 0) is 48.9 Å². The number of rotatable bonds is 3. The SMILES string of the molecule is Cc1ccc(N/N=C/c2ccc(O)cc2)cc1. The van der Waals surface area contributed by atoms with Crippen LogP contribution in [0.3, 0.4) is 0 Å². The van der Waals surface area contributed by atoms with Gasteiger partial charge in [0, 0.05) is 0 Å². The van der Waals surface area contributed by atoms with Crippen molar-refractivity contribution in [3.05, 3.63) is 59.7 Å². The molecule has 0 bridgehead atoms. The van der Waals surface area contributed by atoms with Crippen molar-refractivity contribution >= 4 is 11.9 Å². The van der Waals surface area contributed by atoms with Crippen molar-refractivity contribution in [3.63, 3.8) is 0 Å². The van der Waals surface area contributed by atoms with E-state index in [0.717, 1.165) is 11.3 Å². The minimum absolute atomic E-state index is 0.258. The Labute approximate surface area is 100 Å². The van der Waals surface area contributed by atoms with Crippen LogP contribution in [0.1, 0.15) is 11.1 Å². The molecule has 0 aliphatic carbocycles. The summed E-state index contributed by atoms with van der Waals surface area (Å²) < 4.78 is 0. The highest BCUT2D eigenvalue weighted by atomic mass is 16.3. The fourth-order valence-corrected chi connectivity index (χ4v) is 1.37. The van der Waals surface area contributed by atoms with Crippen molar-refractivity contribution in [2.24, 2.45) is 5.10 Å². The van der Waals surface area contributed by atoms with Crippen molar-refractivity contribution in [2.45, 2.75) is 6.92 Å². The predicted molar refractivity (Wildman–Crippen MR) is 70.5 cm³/mol. The monoisotopic (exact) mass is 226 g/mol. The molecule has 0 heterocycles. The molecule has 2 N–H and O–H groups in total. The fourth-order valence-electron chi connectivity index (χ4n) is 1.37. The lowest BCUT2D eigenvalue weighted by atomic mass is 10.2. The van der Waals surface area contributed by atoms with Gasteiger partial charge in [-0.2, -0.15) is 5.10 Å². The van der Waals surface area contributed by atoms with E-state index in [1.807, 2.05) is 31.2 Å². The maximum atomic E-state index is 9.13. The first-order valence-electron chi connectivity index (χ1n) is 5.39. The van der Waals surface area contributed by atoms with Gasteiger partial charge in [-0.1, -0.05) is 17.7 Å². The van der Waals surface area contributed by atoms with Crippen molar-refractivity contribution in [2.75, 3.05) is 5.43 Å². The fraction of sp³-hybridized carbons (Fsp3) is 0.0714. The zero-order valence-electron chi connectivity index (χ0n) is 9.59. The third-order valence-electron chi connectivity index (χ3n) is 2.35. The van der Waals surface area contributed by atoms with Gasteiger partial charge in [0.15, 0.2) is 0 Å². The Hall–Kier alpha value is -2.29. The second-order valence-electron chi connectivity index (χ2n) is 3.83. The molecule has 0 atom stereocenters. The standard InChI is InChI=1S/C14H14N2O/c1-11-2-6-13(7-3-11)16-15-10-12-4-8-14(17)9-5-12/h2-10,16-17H,1H3/b15-10+. The van der Waals surface area contributed by atoms with E-state index in [9.17, 15) is 0 Å². The third kappa shape index (κ3) is 3.34. The van der Waals surface area contributed by atoms with Crippen LogP contribution in [-0.2, 0) is 0 Å². The van der Waals surface area contributed by atoms with Crippen LogP contribution < -0.4 is 5.43 Å². The number of hydrazone groups is 1. The summed E-state index contributed by atoms with van der Waals surface area (Å²) in [5.41, 5.74) is 6.04. The van der Waals surface area contributed by atoms with Crippen LogP contribution in [0.15, 0.2) is 53.6 Å². The second kappa shape index (κ2) is 5.16. The van der Waals surface area contributed by atoms with Gasteiger partial charge in [0.05, 0.1) is 11.9 Å². The molecule has 0 aromatic heterocycles. The van der Waals surface area contributed by atoms with Crippen LogP contribution in [0.25, 0.3) is 0 Å². The molecule has 3 nitrogen and oxygen atoms in total. The average molecular weight is 226 g/mol. The second-order valence-corrected chi connectivity index (χ2v) is 3.83. The molecule has 0 unspecified atom stereocenters. The summed E-state index contributed by atoms with van der Waals surface area (Å²) >= 11 is 0. The van der Waals surface area contributed by atoms with Gasteiger partial charge in [-0.25, -0.2) is 0 Å². The van der Waals surface area contributed by atoms with Crippen molar-refractivity contribution < 1.29 is 5.11 Å². The highest BCUT2D eigenvalue weighted by Gasteiger charge is 1.90. The van der Waals surface area contributed by atoms with E-state index < -0.39 is 0 Å². The van der Waals surface area contributed by atoms with E-state index in [4.69, 9.17) is 5.11 Å². The number of phenolic OH excluding ortho intramolecular Hbond substituents is 1. The van der Waals surface area contributed by atoms with E-state index in [0.29, 0.717) is 0 Å². The lowest BCUT2D eigenvalue weighted by molar-refractivity contribution is 0.475. The molecular weight excluding hydrogens is 212 g/mol. The van der Waals surface area contributed by atoms with Gasteiger partial charge in [-0.15, -0.1) is 0 Å². The van der Waals surface area contributed by atoms with Crippen molar-refractivity contribution in [1.29, 1.82) is 0 Å². The number of hydrogen-bond acceptors (Lipinski definition) is 3. The molecule has 0 saturated carbocycles. The van der Waals surface area contributed by atoms with Crippen LogP contribution in [0, 0.1) is 6.92 Å². The Kier molecular flexibility index (Phi) is 3.40.